The minimum absolute atomic E-state index is 0.0492. The summed E-state index contributed by atoms with van der Waals surface area (Å²) < 4.78 is 0. The summed E-state index contributed by atoms with van der Waals surface area (Å²) in [7, 11) is 0. The lowest BCUT2D eigenvalue weighted by Crippen LogP contribution is -2.34. The standard InChI is InChI=1S/C11H18N4O/c1-8(2)10(12)6-11(16)13-7-9-4-3-5-14-15-9/h3-5,8,10H,6-7,12H2,1-2H3,(H,13,16). The number of nitrogens with zero attached hydrogens (tertiary/aromatic N) is 2. The molecule has 1 unspecified atom stereocenters. The van der Waals surface area contributed by atoms with Gasteiger partial charge < -0.3 is 11.1 Å². The monoisotopic (exact) mass is 222 g/mol. The van der Waals surface area contributed by atoms with Gasteiger partial charge in [-0.1, -0.05) is 13.8 Å². The summed E-state index contributed by atoms with van der Waals surface area (Å²) in [5.41, 5.74) is 6.54. The van der Waals surface area contributed by atoms with Crippen LogP contribution < -0.4 is 11.1 Å². The van der Waals surface area contributed by atoms with Gasteiger partial charge in [0, 0.05) is 18.7 Å². The van der Waals surface area contributed by atoms with Gasteiger partial charge >= 0.3 is 0 Å². The summed E-state index contributed by atoms with van der Waals surface area (Å²) in [5.74, 6) is 0.258. The lowest BCUT2D eigenvalue weighted by atomic mass is 10.0. The fraction of sp³-hybridized carbons (Fsp3) is 0.545. The first kappa shape index (κ1) is 12.6. The average molecular weight is 222 g/mol. The van der Waals surface area contributed by atoms with Crippen LogP contribution in [-0.2, 0) is 11.3 Å². The van der Waals surface area contributed by atoms with E-state index in [0.29, 0.717) is 18.9 Å². The molecule has 0 spiro atoms. The first-order valence-corrected chi connectivity index (χ1v) is 5.38. The molecule has 3 N–H and O–H groups in total. The van der Waals surface area contributed by atoms with Crippen molar-refractivity contribution in [2.45, 2.75) is 32.9 Å². The molecule has 1 aromatic heterocycles. The Kier molecular flexibility index (Phi) is 4.85. The van der Waals surface area contributed by atoms with Crippen LogP contribution in [0.2, 0.25) is 0 Å². The van der Waals surface area contributed by atoms with Crippen molar-refractivity contribution in [3.05, 3.63) is 24.0 Å². The summed E-state index contributed by atoms with van der Waals surface area (Å²) in [5, 5.41) is 10.4. The first-order chi connectivity index (χ1) is 7.59. The number of nitrogens with one attached hydrogen (secondary N) is 1. The maximum Gasteiger partial charge on any atom is 0.221 e. The van der Waals surface area contributed by atoms with E-state index in [1.165, 1.54) is 0 Å². The molecular weight excluding hydrogens is 204 g/mol. The fourth-order valence-electron chi connectivity index (χ4n) is 1.14. The molecule has 5 heteroatoms. The van der Waals surface area contributed by atoms with E-state index in [2.05, 4.69) is 15.5 Å². The highest BCUT2D eigenvalue weighted by Gasteiger charge is 2.12. The third-order valence-electron chi connectivity index (χ3n) is 2.37. The Morgan fingerprint density at radius 2 is 2.31 bits per heavy atom. The summed E-state index contributed by atoms with van der Waals surface area (Å²) in [6, 6.07) is 3.51. The molecule has 0 aliphatic carbocycles. The lowest BCUT2D eigenvalue weighted by Gasteiger charge is -2.14. The molecule has 0 fully saturated rings. The molecule has 0 radical (unpaired) electrons. The van der Waals surface area contributed by atoms with E-state index in [0.717, 1.165) is 5.69 Å². The number of aromatic nitrogens is 2. The fourth-order valence-corrected chi connectivity index (χ4v) is 1.14. The molecule has 1 atom stereocenters. The van der Waals surface area contributed by atoms with Gasteiger partial charge in [-0.05, 0) is 18.1 Å². The van der Waals surface area contributed by atoms with Crippen LogP contribution in [0.1, 0.15) is 26.0 Å². The second-order valence-electron chi connectivity index (χ2n) is 4.10. The Hall–Kier alpha value is -1.49. The third-order valence-corrected chi connectivity index (χ3v) is 2.37. The van der Waals surface area contributed by atoms with Crippen LogP contribution in [-0.4, -0.2) is 22.1 Å². The topological polar surface area (TPSA) is 80.9 Å². The van der Waals surface area contributed by atoms with Crippen LogP contribution in [0.15, 0.2) is 18.3 Å². The molecule has 0 saturated heterocycles. The largest absolute Gasteiger partial charge is 0.350 e. The summed E-state index contributed by atoms with van der Waals surface area (Å²) in [4.78, 5) is 11.5. The number of hydrogen-bond acceptors (Lipinski definition) is 4. The lowest BCUT2D eigenvalue weighted by molar-refractivity contribution is -0.121. The molecule has 1 rings (SSSR count). The van der Waals surface area contributed by atoms with E-state index in [4.69, 9.17) is 5.73 Å². The SMILES string of the molecule is CC(C)C(N)CC(=O)NCc1cccnn1. The quantitative estimate of drug-likeness (QED) is 0.758. The maximum absolute atomic E-state index is 11.5. The molecule has 0 saturated carbocycles. The second-order valence-corrected chi connectivity index (χ2v) is 4.10. The molecule has 1 aromatic rings. The number of rotatable bonds is 5. The van der Waals surface area contributed by atoms with Gasteiger partial charge in [-0.3, -0.25) is 4.79 Å². The molecular formula is C11H18N4O. The van der Waals surface area contributed by atoms with Crippen molar-refractivity contribution in [3.8, 4) is 0 Å². The Labute approximate surface area is 95.4 Å². The van der Waals surface area contributed by atoms with Crippen LogP contribution in [0.5, 0.6) is 0 Å². The van der Waals surface area contributed by atoms with Gasteiger partial charge in [-0.2, -0.15) is 10.2 Å². The predicted octanol–water partition coefficient (Wildman–Crippen LogP) is 0.466. The van der Waals surface area contributed by atoms with Gasteiger partial charge in [0.1, 0.15) is 0 Å². The van der Waals surface area contributed by atoms with Gasteiger partial charge in [0.05, 0.1) is 12.2 Å². The highest BCUT2D eigenvalue weighted by molar-refractivity contribution is 5.76. The smallest absolute Gasteiger partial charge is 0.221 e. The Morgan fingerprint density at radius 3 is 2.88 bits per heavy atom. The van der Waals surface area contributed by atoms with Crippen LogP contribution in [0.4, 0.5) is 0 Å². The van der Waals surface area contributed by atoms with Crippen molar-refractivity contribution >= 4 is 5.91 Å². The van der Waals surface area contributed by atoms with E-state index in [1.54, 1.807) is 12.3 Å². The zero-order valence-electron chi connectivity index (χ0n) is 9.68. The zero-order chi connectivity index (χ0) is 12.0. The first-order valence-electron chi connectivity index (χ1n) is 5.38. The molecule has 1 amide bonds. The highest BCUT2D eigenvalue weighted by atomic mass is 16.1. The Bertz CT molecular complexity index is 326. The maximum atomic E-state index is 11.5. The second kappa shape index (κ2) is 6.17. The molecule has 0 aliphatic rings. The van der Waals surface area contributed by atoms with Crippen molar-refractivity contribution in [2.24, 2.45) is 11.7 Å². The summed E-state index contributed by atoms with van der Waals surface area (Å²) in [6.45, 7) is 4.40. The molecule has 16 heavy (non-hydrogen) atoms. The van der Waals surface area contributed by atoms with Gasteiger partial charge in [-0.15, -0.1) is 0 Å². The number of hydrogen-bond donors (Lipinski definition) is 2. The minimum Gasteiger partial charge on any atom is -0.350 e. The highest BCUT2D eigenvalue weighted by Crippen LogP contribution is 2.02. The molecule has 0 aromatic carbocycles. The Morgan fingerprint density at radius 1 is 1.56 bits per heavy atom. The number of carbonyl (C=O) groups is 1. The van der Waals surface area contributed by atoms with E-state index in [-0.39, 0.29) is 11.9 Å². The van der Waals surface area contributed by atoms with E-state index in [1.807, 2.05) is 19.9 Å². The van der Waals surface area contributed by atoms with Crippen LogP contribution >= 0.6 is 0 Å². The third kappa shape index (κ3) is 4.35. The van der Waals surface area contributed by atoms with Crippen molar-refractivity contribution in [1.82, 2.24) is 15.5 Å². The van der Waals surface area contributed by atoms with Gasteiger partial charge in [0.15, 0.2) is 0 Å². The van der Waals surface area contributed by atoms with Crippen molar-refractivity contribution in [3.63, 3.8) is 0 Å². The van der Waals surface area contributed by atoms with Crippen LogP contribution in [0.25, 0.3) is 0 Å². The van der Waals surface area contributed by atoms with E-state index >= 15 is 0 Å². The molecule has 0 aliphatic heterocycles. The van der Waals surface area contributed by atoms with Gasteiger partial charge in [0.2, 0.25) is 5.91 Å². The predicted molar refractivity (Wildman–Crippen MR) is 61.3 cm³/mol. The summed E-state index contributed by atoms with van der Waals surface area (Å²) in [6.07, 6.45) is 1.94. The Balaban J connectivity index is 2.31. The van der Waals surface area contributed by atoms with Crippen LogP contribution in [0, 0.1) is 5.92 Å². The zero-order valence-corrected chi connectivity index (χ0v) is 9.68. The summed E-state index contributed by atoms with van der Waals surface area (Å²) >= 11 is 0. The minimum atomic E-state index is -0.0955. The van der Waals surface area contributed by atoms with Gasteiger partial charge in [0.25, 0.3) is 0 Å². The van der Waals surface area contributed by atoms with E-state index < -0.39 is 0 Å². The number of nitrogens with two attached hydrogens (primary N) is 1. The van der Waals surface area contributed by atoms with Crippen molar-refractivity contribution in [2.75, 3.05) is 0 Å². The molecule has 0 bridgehead atoms. The van der Waals surface area contributed by atoms with Gasteiger partial charge in [-0.25, -0.2) is 0 Å². The molecule has 5 nitrogen and oxygen atoms in total. The van der Waals surface area contributed by atoms with Crippen molar-refractivity contribution < 1.29 is 4.79 Å². The normalized spacial score (nSPS) is 12.5. The molecule has 1 heterocycles. The van der Waals surface area contributed by atoms with E-state index in [9.17, 15) is 4.79 Å². The average Bonchev–Trinajstić information content (AvgIpc) is 2.27. The number of carbonyl (C=O) groups excluding carboxylic acids is 1. The van der Waals surface area contributed by atoms with Crippen LogP contribution in [0.3, 0.4) is 0 Å². The van der Waals surface area contributed by atoms with Crippen molar-refractivity contribution in [1.29, 1.82) is 0 Å². The number of amides is 1. The molecule has 88 valence electrons.